The fourth-order valence-electron chi connectivity index (χ4n) is 3.57. The smallest absolute Gasteiger partial charge is 0.266 e. The summed E-state index contributed by atoms with van der Waals surface area (Å²) < 4.78 is 17.1. The van der Waals surface area contributed by atoms with Crippen LogP contribution in [0.2, 0.25) is 0 Å². The van der Waals surface area contributed by atoms with Gasteiger partial charge in [0.15, 0.2) is 11.5 Å². The van der Waals surface area contributed by atoms with Gasteiger partial charge >= 0.3 is 0 Å². The molecule has 0 bridgehead atoms. The lowest BCUT2D eigenvalue weighted by molar-refractivity contribution is -0.112. The van der Waals surface area contributed by atoms with E-state index in [2.05, 4.69) is 31.3 Å². The molecular weight excluding hydrogens is 452 g/mol. The van der Waals surface area contributed by atoms with Gasteiger partial charge in [-0.15, -0.1) is 0 Å². The molecule has 3 rings (SSSR count). The molecule has 0 spiro atoms. The van der Waals surface area contributed by atoms with Crippen LogP contribution in [-0.2, 0) is 4.79 Å². The standard InChI is InChI=1S/C30H32N2O4/c1-5-22(3)24-10-12-27(13-11-24)35-15-16-36-28-14-9-23(19-29(28)34-4)18-25(20-31)30(33)32-26-8-6-7-21(2)17-26/h6-14,17-19,22H,5,15-16H2,1-4H3,(H,32,33)/b25-18+/t22-/m1/s1. The molecule has 1 atom stereocenters. The number of carbonyl (C=O) groups is 1. The van der Waals surface area contributed by atoms with E-state index in [0.717, 1.165) is 17.7 Å². The zero-order valence-corrected chi connectivity index (χ0v) is 21.2. The molecule has 0 heterocycles. The van der Waals surface area contributed by atoms with Crippen LogP contribution < -0.4 is 19.5 Å². The minimum absolute atomic E-state index is 0.0139. The van der Waals surface area contributed by atoms with Crippen molar-refractivity contribution in [3.8, 4) is 23.3 Å². The van der Waals surface area contributed by atoms with Crippen LogP contribution in [-0.4, -0.2) is 26.2 Å². The lowest BCUT2D eigenvalue weighted by Gasteiger charge is -2.13. The Labute approximate surface area is 213 Å². The van der Waals surface area contributed by atoms with E-state index in [1.807, 2.05) is 43.3 Å². The van der Waals surface area contributed by atoms with Crippen molar-refractivity contribution in [3.05, 3.63) is 89.0 Å². The van der Waals surface area contributed by atoms with Crippen molar-refractivity contribution in [2.75, 3.05) is 25.6 Å². The van der Waals surface area contributed by atoms with Crippen LogP contribution in [0.4, 0.5) is 5.69 Å². The van der Waals surface area contributed by atoms with Crippen molar-refractivity contribution in [3.63, 3.8) is 0 Å². The van der Waals surface area contributed by atoms with Crippen molar-refractivity contribution in [2.45, 2.75) is 33.1 Å². The van der Waals surface area contributed by atoms with E-state index in [9.17, 15) is 10.1 Å². The number of aryl methyl sites for hydroxylation is 1. The van der Waals surface area contributed by atoms with Gasteiger partial charge in [-0.3, -0.25) is 4.79 Å². The van der Waals surface area contributed by atoms with Gasteiger partial charge in [-0.25, -0.2) is 0 Å². The van der Waals surface area contributed by atoms with Gasteiger partial charge in [0.2, 0.25) is 0 Å². The molecule has 36 heavy (non-hydrogen) atoms. The third kappa shape index (κ3) is 7.38. The summed E-state index contributed by atoms with van der Waals surface area (Å²) in [6.45, 7) is 7.03. The molecule has 3 aromatic carbocycles. The van der Waals surface area contributed by atoms with Crippen LogP contribution in [0.1, 0.15) is 42.9 Å². The highest BCUT2D eigenvalue weighted by molar-refractivity contribution is 6.09. The van der Waals surface area contributed by atoms with Crippen molar-refractivity contribution >= 4 is 17.7 Å². The summed E-state index contributed by atoms with van der Waals surface area (Å²) in [7, 11) is 1.54. The Kier molecular flexibility index (Phi) is 9.53. The number of anilines is 1. The van der Waals surface area contributed by atoms with E-state index in [-0.39, 0.29) is 5.57 Å². The summed E-state index contributed by atoms with van der Waals surface area (Å²) in [5.41, 5.74) is 3.58. The maximum Gasteiger partial charge on any atom is 0.266 e. The van der Waals surface area contributed by atoms with Gasteiger partial charge in [-0.1, -0.05) is 44.2 Å². The predicted octanol–water partition coefficient (Wildman–Crippen LogP) is 6.52. The summed E-state index contributed by atoms with van der Waals surface area (Å²) in [6, 6.07) is 22.7. The average Bonchev–Trinajstić information content (AvgIpc) is 2.89. The Morgan fingerprint density at radius 3 is 2.44 bits per heavy atom. The first-order chi connectivity index (χ1) is 17.4. The zero-order chi connectivity index (χ0) is 25.9. The molecule has 0 fully saturated rings. The van der Waals surface area contributed by atoms with E-state index in [4.69, 9.17) is 14.2 Å². The SMILES string of the molecule is CC[C@@H](C)c1ccc(OCCOc2ccc(/C=C(\C#N)C(=O)Nc3cccc(C)c3)cc2OC)cc1. The topological polar surface area (TPSA) is 80.6 Å². The number of hydrogen-bond acceptors (Lipinski definition) is 5. The Morgan fingerprint density at radius 2 is 1.78 bits per heavy atom. The molecule has 0 aliphatic heterocycles. The molecule has 6 heteroatoms. The number of rotatable bonds is 11. The molecule has 0 aliphatic carbocycles. The summed E-state index contributed by atoms with van der Waals surface area (Å²) in [6.07, 6.45) is 2.62. The van der Waals surface area contributed by atoms with Crippen molar-refractivity contribution in [1.82, 2.24) is 0 Å². The van der Waals surface area contributed by atoms with Gasteiger partial charge in [0.1, 0.15) is 30.6 Å². The highest BCUT2D eigenvalue weighted by Gasteiger charge is 2.12. The second-order valence-electron chi connectivity index (χ2n) is 8.48. The number of hydrogen-bond donors (Lipinski definition) is 1. The van der Waals surface area contributed by atoms with Crippen molar-refractivity contribution in [2.24, 2.45) is 0 Å². The molecule has 3 aromatic rings. The lowest BCUT2D eigenvalue weighted by Crippen LogP contribution is -2.13. The first-order valence-corrected chi connectivity index (χ1v) is 12.0. The molecule has 186 valence electrons. The third-order valence-corrected chi connectivity index (χ3v) is 5.81. The number of amides is 1. The zero-order valence-electron chi connectivity index (χ0n) is 21.2. The van der Waals surface area contributed by atoms with Crippen LogP contribution in [0.25, 0.3) is 6.08 Å². The third-order valence-electron chi connectivity index (χ3n) is 5.81. The molecule has 6 nitrogen and oxygen atoms in total. The molecule has 0 radical (unpaired) electrons. The predicted molar refractivity (Wildman–Crippen MR) is 143 cm³/mol. The van der Waals surface area contributed by atoms with Crippen LogP contribution in [0.3, 0.4) is 0 Å². The quantitative estimate of drug-likeness (QED) is 0.190. The fraction of sp³-hybridized carbons (Fsp3) is 0.267. The summed E-state index contributed by atoms with van der Waals surface area (Å²) in [5, 5.41) is 12.3. The van der Waals surface area contributed by atoms with Gasteiger partial charge in [0.05, 0.1) is 7.11 Å². The van der Waals surface area contributed by atoms with Crippen LogP contribution >= 0.6 is 0 Å². The second-order valence-corrected chi connectivity index (χ2v) is 8.48. The fourth-order valence-corrected chi connectivity index (χ4v) is 3.57. The number of nitriles is 1. The molecule has 0 aliphatic rings. The molecule has 0 saturated heterocycles. The first kappa shape index (κ1) is 26.4. The monoisotopic (exact) mass is 484 g/mol. The summed E-state index contributed by atoms with van der Waals surface area (Å²) >= 11 is 0. The van der Waals surface area contributed by atoms with Gasteiger partial charge < -0.3 is 19.5 Å². The average molecular weight is 485 g/mol. The highest BCUT2D eigenvalue weighted by atomic mass is 16.5. The minimum Gasteiger partial charge on any atom is -0.493 e. The Bertz CT molecular complexity index is 1240. The minimum atomic E-state index is -0.475. The lowest BCUT2D eigenvalue weighted by atomic mass is 9.99. The summed E-state index contributed by atoms with van der Waals surface area (Å²) in [5.74, 6) is 1.90. The number of ether oxygens (including phenoxy) is 3. The number of benzene rings is 3. The summed E-state index contributed by atoms with van der Waals surface area (Å²) in [4.78, 5) is 12.6. The maximum absolute atomic E-state index is 12.6. The molecule has 1 amide bonds. The van der Waals surface area contributed by atoms with Crippen molar-refractivity contribution in [1.29, 1.82) is 5.26 Å². The van der Waals surface area contributed by atoms with Gasteiger partial charge in [-0.05, 0) is 78.4 Å². The molecule has 0 saturated carbocycles. The Hall–Kier alpha value is -4.24. The molecule has 0 aromatic heterocycles. The largest absolute Gasteiger partial charge is 0.493 e. The molecule has 0 unspecified atom stereocenters. The van der Waals surface area contributed by atoms with Crippen LogP contribution in [0, 0.1) is 18.3 Å². The number of nitrogens with zero attached hydrogens (tertiary/aromatic N) is 1. The second kappa shape index (κ2) is 13.0. The number of methoxy groups -OCH3 is 1. The van der Waals surface area contributed by atoms with Gasteiger partial charge in [0, 0.05) is 5.69 Å². The van der Waals surface area contributed by atoms with Crippen LogP contribution in [0.5, 0.6) is 17.2 Å². The van der Waals surface area contributed by atoms with E-state index in [0.29, 0.717) is 41.9 Å². The van der Waals surface area contributed by atoms with E-state index >= 15 is 0 Å². The van der Waals surface area contributed by atoms with Crippen LogP contribution in [0.15, 0.2) is 72.3 Å². The molecular formula is C30H32N2O4. The van der Waals surface area contributed by atoms with E-state index in [1.54, 1.807) is 31.4 Å². The van der Waals surface area contributed by atoms with E-state index in [1.165, 1.54) is 11.6 Å². The Morgan fingerprint density at radius 1 is 1.03 bits per heavy atom. The maximum atomic E-state index is 12.6. The first-order valence-electron chi connectivity index (χ1n) is 12.0. The Balaban J connectivity index is 1.59. The van der Waals surface area contributed by atoms with Gasteiger partial charge in [-0.2, -0.15) is 5.26 Å². The molecule has 1 N–H and O–H groups in total. The van der Waals surface area contributed by atoms with Crippen molar-refractivity contribution < 1.29 is 19.0 Å². The number of carbonyl (C=O) groups excluding carboxylic acids is 1. The van der Waals surface area contributed by atoms with Gasteiger partial charge in [0.25, 0.3) is 5.91 Å². The normalized spacial score (nSPS) is 11.8. The van der Waals surface area contributed by atoms with E-state index < -0.39 is 5.91 Å². The highest BCUT2D eigenvalue weighted by Crippen LogP contribution is 2.29. The number of nitrogens with one attached hydrogen (secondary N) is 1.